The maximum Gasteiger partial charge on any atom is 0.422 e. The number of rotatable bonds is 5. The second kappa shape index (κ2) is 8.59. The maximum atomic E-state index is 12.5. The van der Waals surface area contributed by atoms with Gasteiger partial charge in [-0.15, -0.1) is 11.3 Å². The van der Waals surface area contributed by atoms with Crippen LogP contribution in [0.4, 0.5) is 18.0 Å². The van der Waals surface area contributed by atoms with E-state index in [0.29, 0.717) is 17.8 Å². The Hall–Kier alpha value is -1.97. The van der Waals surface area contributed by atoms with Crippen LogP contribution in [0.25, 0.3) is 0 Å². The molecular formula is C18H25F3N2O4S. The summed E-state index contributed by atoms with van der Waals surface area (Å²) in [7, 11) is 0. The number of likely N-dealkylation sites (tertiary alicyclic amines) is 1. The first kappa shape index (κ1) is 22.3. The SMILES string of the molecule is C[C@@H](NC(=O)[C@@H]1CCN(C(=O)OC(C)(C)C)C1)c1ccc(OCC(F)(F)F)s1. The Morgan fingerprint density at radius 2 is 2.00 bits per heavy atom. The fraction of sp³-hybridized carbons (Fsp3) is 0.667. The largest absolute Gasteiger partial charge is 0.475 e. The predicted molar refractivity (Wildman–Crippen MR) is 98.3 cm³/mol. The van der Waals surface area contributed by atoms with E-state index in [-0.39, 0.29) is 29.5 Å². The van der Waals surface area contributed by atoms with Crippen LogP contribution in [-0.2, 0) is 9.53 Å². The average Bonchev–Trinajstić information content (AvgIpc) is 3.20. The van der Waals surface area contributed by atoms with Crippen LogP contribution in [0.3, 0.4) is 0 Å². The lowest BCUT2D eigenvalue weighted by atomic mass is 10.1. The summed E-state index contributed by atoms with van der Waals surface area (Å²) in [5.41, 5.74) is -0.600. The molecular weight excluding hydrogens is 397 g/mol. The van der Waals surface area contributed by atoms with Crippen LogP contribution in [-0.4, -0.2) is 48.4 Å². The Morgan fingerprint density at radius 3 is 2.61 bits per heavy atom. The first-order chi connectivity index (χ1) is 12.8. The molecule has 2 heterocycles. The number of nitrogens with one attached hydrogen (secondary N) is 1. The number of thiophene rings is 1. The van der Waals surface area contributed by atoms with Crippen molar-refractivity contribution in [3.8, 4) is 5.06 Å². The van der Waals surface area contributed by atoms with Gasteiger partial charge in [-0.05, 0) is 46.2 Å². The smallest absolute Gasteiger partial charge is 0.422 e. The number of carbonyl (C=O) groups excluding carboxylic acids is 2. The van der Waals surface area contributed by atoms with Crippen LogP contribution >= 0.6 is 11.3 Å². The molecule has 6 nitrogen and oxygen atoms in total. The van der Waals surface area contributed by atoms with Crippen molar-refractivity contribution in [2.75, 3.05) is 19.7 Å². The van der Waals surface area contributed by atoms with Crippen LogP contribution in [0.15, 0.2) is 12.1 Å². The molecule has 0 aliphatic carbocycles. The summed E-state index contributed by atoms with van der Waals surface area (Å²) in [6, 6.07) is 2.70. The molecule has 0 bridgehead atoms. The normalized spacial score (nSPS) is 18.7. The van der Waals surface area contributed by atoms with Crippen molar-refractivity contribution in [2.24, 2.45) is 5.92 Å². The van der Waals surface area contributed by atoms with Gasteiger partial charge in [0.25, 0.3) is 0 Å². The van der Waals surface area contributed by atoms with Gasteiger partial charge in [-0.1, -0.05) is 0 Å². The van der Waals surface area contributed by atoms with Crippen LogP contribution < -0.4 is 10.1 Å². The van der Waals surface area contributed by atoms with E-state index in [1.807, 2.05) is 0 Å². The summed E-state index contributed by atoms with van der Waals surface area (Å²) in [5.74, 6) is -0.555. The van der Waals surface area contributed by atoms with E-state index in [0.717, 1.165) is 11.3 Å². The lowest BCUT2D eigenvalue weighted by molar-refractivity contribution is -0.152. The number of alkyl halides is 3. The molecule has 1 saturated heterocycles. The van der Waals surface area contributed by atoms with Gasteiger partial charge in [-0.3, -0.25) is 4.79 Å². The number of hydrogen-bond donors (Lipinski definition) is 1. The Labute approximate surface area is 166 Å². The van der Waals surface area contributed by atoms with Crippen LogP contribution in [0.1, 0.15) is 45.0 Å². The minimum atomic E-state index is -4.40. The minimum absolute atomic E-state index is 0.144. The van der Waals surface area contributed by atoms with Gasteiger partial charge in [0.15, 0.2) is 11.7 Å². The van der Waals surface area contributed by atoms with Gasteiger partial charge in [0.05, 0.1) is 12.0 Å². The molecule has 0 aromatic carbocycles. The van der Waals surface area contributed by atoms with Gasteiger partial charge in [0, 0.05) is 18.0 Å². The van der Waals surface area contributed by atoms with Gasteiger partial charge in [-0.25, -0.2) is 4.79 Å². The van der Waals surface area contributed by atoms with E-state index in [4.69, 9.17) is 9.47 Å². The summed E-state index contributed by atoms with van der Waals surface area (Å²) >= 11 is 1.06. The molecule has 1 aromatic heterocycles. The first-order valence-corrected chi connectivity index (χ1v) is 9.73. The van der Waals surface area contributed by atoms with Crippen LogP contribution in [0.5, 0.6) is 5.06 Å². The predicted octanol–water partition coefficient (Wildman–Crippen LogP) is 4.12. The Kier molecular flexibility index (Phi) is 6.84. The van der Waals surface area contributed by atoms with Crippen molar-refractivity contribution in [3.05, 3.63) is 17.0 Å². The van der Waals surface area contributed by atoms with Gasteiger partial charge >= 0.3 is 12.3 Å². The summed E-state index contributed by atoms with van der Waals surface area (Å²) < 4.78 is 46.7. The molecule has 1 aliphatic heterocycles. The monoisotopic (exact) mass is 422 g/mol. The van der Waals surface area contributed by atoms with Crippen molar-refractivity contribution in [1.29, 1.82) is 0 Å². The van der Waals surface area contributed by atoms with Gasteiger partial charge in [-0.2, -0.15) is 13.2 Å². The minimum Gasteiger partial charge on any atom is -0.475 e. The molecule has 10 heteroatoms. The number of halogens is 3. The van der Waals surface area contributed by atoms with E-state index >= 15 is 0 Å². The summed E-state index contributed by atoms with van der Waals surface area (Å²) in [6.45, 7) is 6.45. The second-order valence-electron chi connectivity index (χ2n) is 7.70. The average molecular weight is 422 g/mol. The number of hydrogen-bond acceptors (Lipinski definition) is 5. The van der Waals surface area contributed by atoms with Crippen molar-refractivity contribution in [3.63, 3.8) is 0 Å². The number of nitrogens with zero attached hydrogens (tertiary/aromatic N) is 1. The van der Waals surface area contributed by atoms with Crippen molar-refractivity contribution in [1.82, 2.24) is 10.2 Å². The highest BCUT2D eigenvalue weighted by Gasteiger charge is 2.34. The highest BCUT2D eigenvalue weighted by Crippen LogP contribution is 2.31. The zero-order valence-corrected chi connectivity index (χ0v) is 17.1. The lowest BCUT2D eigenvalue weighted by Crippen LogP contribution is -2.38. The number of carbonyl (C=O) groups is 2. The van der Waals surface area contributed by atoms with E-state index in [1.165, 1.54) is 11.0 Å². The summed E-state index contributed by atoms with van der Waals surface area (Å²) in [6.07, 6.45) is -4.31. The summed E-state index contributed by atoms with van der Waals surface area (Å²) in [5, 5.41) is 2.99. The fourth-order valence-electron chi connectivity index (χ4n) is 2.67. The maximum absolute atomic E-state index is 12.5. The van der Waals surface area contributed by atoms with Crippen molar-refractivity contribution >= 4 is 23.3 Å². The number of ether oxygens (including phenoxy) is 2. The zero-order valence-electron chi connectivity index (χ0n) is 16.3. The molecule has 0 saturated carbocycles. The third-order valence-electron chi connectivity index (χ3n) is 3.98. The molecule has 1 N–H and O–H groups in total. The fourth-order valence-corrected chi connectivity index (χ4v) is 3.52. The summed E-state index contributed by atoms with van der Waals surface area (Å²) in [4.78, 5) is 26.8. The molecule has 28 heavy (non-hydrogen) atoms. The molecule has 1 aromatic rings. The van der Waals surface area contributed by atoms with Gasteiger partial charge in [0.2, 0.25) is 5.91 Å². The van der Waals surface area contributed by atoms with E-state index in [2.05, 4.69) is 5.32 Å². The molecule has 2 amide bonds. The first-order valence-electron chi connectivity index (χ1n) is 8.91. The molecule has 0 unspecified atom stereocenters. The Balaban J connectivity index is 1.84. The molecule has 1 fully saturated rings. The van der Waals surface area contributed by atoms with E-state index in [9.17, 15) is 22.8 Å². The zero-order chi connectivity index (χ0) is 21.1. The molecule has 2 atom stereocenters. The topological polar surface area (TPSA) is 67.9 Å². The molecule has 0 spiro atoms. The third-order valence-corrected chi connectivity index (χ3v) is 5.16. The second-order valence-corrected chi connectivity index (χ2v) is 8.78. The molecule has 1 aliphatic rings. The highest BCUT2D eigenvalue weighted by molar-refractivity contribution is 7.13. The molecule has 0 radical (unpaired) electrons. The number of amides is 2. The van der Waals surface area contributed by atoms with Crippen molar-refractivity contribution in [2.45, 2.75) is 51.9 Å². The van der Waals surface area contributed by atoms with Crippen molar-refractivity contribution < 1.29 is 32.2 Å². The highest BCUT2D eigenvalue weighted by atomic mass is 32.1. The van der Waals surface area contributed by atoms with Crippen LogP contribution in [0, 0.1) is 5.92 Å². The van der Waals surface area contributed by atoms with Crippen LogP contribution in [0.2, 0.25) is 0 Å². The lowest BCUT2D eigenvalue weighted by Gasteiger charge is -2.24. The molecule has 2 rings (SSSR count). The van der Waals surface area contributed by atoms with E-state index in [1.54, 1.807) is 33.8 Å². The van der Waals surface area contributed by atoms with E-state index < -0.39 is 24.5 Å². The Bertz CT molecular complexity index is 700. The quantitative estimate of drug-likeness (QED) is 0.775. The van der Waals surface area contributed by atoms with Gasteiger partial charge < -0.3 is 19.7 Å². The standard InChI is InChI=1S/C18H25F3N2O4S/c1-11(13-5-6-14(28-13)26-10-18(19,20)21)22-15(24)12-7-8-23(9-12)16(25)27-17(2,3)4/h5-6,11-12H,7-10H2,1-4H3,(H,22,24)/t11-,12-/m1/s1. The van der Waals surface area contributed by atoms with Gasteiger partial charge in [0.1, 0.15) is 5.60 Å². The third kappa shape index (κ3) is 6.88. The molecule has 158 valence electrons. The Morgan fingerprint density at radius 1 is 1.32 bits per heavy atom.